The smallest absolute Gasteiger partial charge is 0.227 e. The zero-order valence-electron chi connectivity index (χ0n) is 12.3. The van der Waals surface area contributed by atoms with E-state index in [2.05, 4.69) is 6.07 Å². The molecule has 0 atom stereocenters. The van der Waals surface area contributed by atoms with Gasteiger partial charge < -0.3 is 4.90 Å². The van der Waals surface area contributed by atoms with Crippen LogP contribution in [0, 0.1) is 0 Å². The first-order chi connectivity index (χ1) is 10.7. The normalized spacial score (nSPS) is 13.2. The maximum absolute atomic E-state index is 12.4. The predicted octanol–water partition coefficient (Wildman–Crippen LogP) is 4.55. The van der Waals surface area contributed by atoms with Crippen molar-refractivity contribution in [3.8, 4) is 0 Å². The number of nitrogens with zero attached hydrogens (tertiary/aromatic N) is 1. The molecule has 1 amide bonds. The van der Waals surface area contributed by atoms with E-state index in [0.717, 1.165) is 35.2 Å². The van der Waals surface area contributed by atoms with Crippen molar-refractivity contribution >= 4 is 35.0 Å². The molecule has 114 valence electrons. The standard InChI is InChI=1S/C18H18ClNOS/c19-16-7-5-14(6-8-16)13-22-12-10-18(21)20-11-9-15-3-1-2-4-17(15)20/h1-8H,9-13H2. The second-order valence-corrected chi connectivity index (χ2v) is 6.89. The minimum atomic E-state index is 0.230. The number of halogens is 1. The molecule has 4 heteroatoms. The van der Waals surface area contributed by atoms with Gasteiger partial charge in [-0.2, -0.15) is 11.8 Å². The first-order valence-corrected chi connectivity index (χ1v) is 8.98. The van der Waals surface area contributed by atoms with Gasteiger partial charge in [0.05, 0.1) is 0 Å². The molecule has 0 bridgehead atoms. The number of rotatable bonds is 5. The van der Waals surface area contributed by atoms with Crippen molar-refractivity contribution in [2.45, 2.75) is 18.6 Å². The Morgan fingerprint density at radius 1 is 1.14 bits per heavy atom. The van der Waals surface area contributed by atoms with Crippen LogP contribution in [0.15, 0.2) is 48.5 Å². The fourth-order valence-corrected chi connectivity index (χ4v) is 3.68. The van der Waals surface area contributed by atoms with Crippen LogP contribution in [0.4, 0.5) is 5.69 Å². The van der Waals surface area contributed by atoms with E-state index in [9.17, 15) is 4.79 Å². The minimum Gasteiger partial charge on any atom is -0.312 e. The lowest BCUT2D eigenvalue weighted by Crippen LogP contribution is -2.29. The van der Waals surface area contributed by atoms with E-state index in [0.29, 0.717) is 6.42 Å². The Balaban J connectivity index is 1.46. The molecule has 0 saturated heterocycles. The molecular formula is C18H18ClNOS. The third-order valence-electron chi connectivity index (χ3n) is 3.83. The van der Waals surface area contributed by atoms with Crippen LogP contribution in [0.5, 0.6) is 0 Å². The monoisotopic (exact) mass is 331 g/mol. The van der Waals surface area contributed by atoms with Gasteiger partial charge in [0.15, 0.2) is 0 Å². The van der Waals surface area contributed by atoms with Gasteiger partial charge >= 0.3 is 0 Å². The quantitative estimate of drug-likeness (QED) is 0.749. The van der Waals surface area contributed by atoms with E-state index in [1.54, 1.807) is 11.8 Å². The number of hydrogen-bond donors (Lipinski definition) is 0. The van der Waals surface area contributed by atoms with Gasteiger partial charge in [0.2, 0.25) is 5.91 Å². The topological polar surface area (TPSA) is 20.3 Å². The SMILES string of the molecule is O=C(CCSCc1ccc(Cl)cc1)N1CCc2ccccc21. The summed E-state index contributed by atoms with van der Waals surface area (Å²) in [6.45, 7) is 0.819. The Morgan fingerprint density at radius 2 is 1.91 bits per heavy atom. The van der Waals surface area contributed by atoms with Crippen LogP contribution in [-0.2, 0) is 17.0 Å². The zero-order chi connectivity index (χ0) is 15.4. The maximum Gasteiger partial charge on any atom is 0.227 e. The summed E-state index contributed by atoms with van der Waals surface area (Å²) in [4.78, 5) is 14.3. The molecule has 0 saturated carbocycles. The Labute approximate surface area is 140 Å². The van der Waals surface area contributed by atoms with E-state index < -0.39 is 0 Å². The maximum atomic E-state index is 12.4. The van der Waals surface area contributed by atoms with E-state index in [-0.39, 0.29) is 5.91 Å². The summed E-state index contributed by atoms with van der Waals surface area (Å²) in [6.07, 6.45) is 1.56. The van der Waals surface area contributed by atoms with Crippen LogP contribution >= 0.6 is 23.4 Å². The second kappa shape index (κ2) is 7.21. The van der Waals surface area contributed by atoms with Gasteiger partial charge in [-0.25, -0.2) is 0 Å². The molecule has 0 aliphatic carbocycles. The van der Waals surface area contributed by atoms with Gasteiger partial charge in [-0.1, -0.05) is 41.9 Å². The molecule has 0 N–H and O–H groups in total. The Bertz CT molecular complexity index is 656. The highest BCUT2D eigenvalue weighted by atomic mass is 35.5. The molecule has 1 heterocycles. The number of thioether (sulfide) groups is 1. The summed E-state index contributed by atoms with van der Waals surface area (Å²) in [5.74, 6) is 2.00. The van der Waals surface area contributed by atoms with E-state index in [1.807, 2.05) is 47.4 Å². The second-order valence-electron chi connectivity index (χ2n) is 5.35. The predicted molar refractivity (Wildman–Crippen MR) is 94.7 cm³/mol. The van der Waals surface area contributed by atoms with Crippen LogP contribution in [0.25, 0.3) is 0 Å². The minimum absolute atomic E-state index is 0.230. The van der Waals surface area contributed by atoms with Crippen molar-refractivity contribution in [2.75, 3.05) is 17.2 Å². The summed E-state index contributed by atoms with van der Waals surface area (Å²) in [6, 6.07) is 16.1. The summed E-state index contributed by atoms with van der Waals surface area (Å²) in [5, 5.41) is 0.761. The van der Waals surface area contributed by atoms with Gasteiger partial charge in [0.25, 0.3) is 0 Å². The van der Waals surface area contributed by atoms with Crippen LogP contribution in [0.1, 0.15) is 17.5 Å². The highest BCUT2D eigenvalue weighted by Crippen LogP contribution is 2.28. The lowest BCUT2D eigenvalue weighted by molar-refractivity contribution is -0.118. The van der Waals surface area contributed by atoms with Gasteiger partial charge in [-0.15, -0.1) is 0 Å². The fraction of sp³-hybridized carbons (Fsp3) is 0.278. The molecule has 3 rings (SSSR count). The average Bonchev–Trinajstić information content (AvgIpc) is 2.97. The molecule has 1 aliphatic rings. The molecule has 1 aliphatic heterocycles. The molecule has 0 unspecified atom stereocenters. The van der Waals surface area contributed by atoms with Crippen LogP contribution < -0.4 is 4.90 Å². The first kappa shape index (κ1) is 15.4. The molecule has 2 aromatic rings. The van der Waals surface area contributed by atoms with Gasteiger partial charge in [0, 0.05) is 35.2 Å². The van der Waals surface area contributed by atoms with Gasteiger partial charge in [-0.3, -0.25) is 4.79 Å². The van der Waals surface area contributed by atoms with Gasteiger partial charge in [0.1, 0.15) is 0 Å². The highest BCUT2D eigenvalue weighted by molar-refractivity contribution is 7.98. The van der Waals surface area contributed by atoms with E-state index in [4.69, 9.17) is 11.6 Å². The number of para-hydroxylation sites is 1. The van der Waals surface area contributed by atoms with E-state index >= 15 is 0 Å². The van der Waals surface area contributed by atoms with Crippen molar-refractivity contribution < 1.29 is 4.79 Å². The number of benzene rings is 2. The summed E-state index contributed by atoms with van der Waals surface area (Å²) in [5.41, 5.74) is 3.62. The summed E-state index contributed by atoms with van der Waals surface area (Å²) >= 11 is 7.66. The highest BCUT2D eigenvalue weighted by Gasteiger charge is 2.23. The molecule has 22 heavy (non-hydrogen) atoms. The molecule has 0 aromatic heterocycles. The van der Waals surface area contributed by atoms with Gasteiger partial charge in [-0.05, 0) is 35.7 Å². The molecule has 2 aromatic carbocycles. The largest absolute Gasteiger partial charge is 0.312 e. The third-order valence-corrected chi connectivity index (χ3v) is 5.11. The number of hydrogen-bond acceptors (Lipinski definition) is 2. The van der Waals surface area contributed by atoms with Crippen molar-refractivity contribution in [2.24, 2.45) is 0 Å². The van der Waals surface area contributed by atoms with Crippen molar-refractivity contribution in [1.82, 2.24) is 0 Å². The molecule has 2 nitrogen and oxygen atoms in total. The fourth-order valence-electron chi connectivity index (χ4n) is 2.66. The van der Waals surface area contributed by atoms with Crippen molar-refractivity contribution in [1.29, 1.82) is 0 Å². The number of carbonyl (C=O) groups is 1. The first-order valence-electron chi connectivity index (χ1n) is 7.44. The van der Waals surface area contributed by atoms with Crippen molar-refractivity contribution in [3.05, 3.63) is 64.7 Å². The number of amides is 1. The van der Waals surface area contributed by atoms with Crippen LogP contribution in [-0.4, -0.2) is 18.2 Å². The third kappa shape index (κ3) is 3.65. The van der Waals surface area contributed by atoms with Crippen molar-refractivity contribution in [3.63, 3.8) is 0 Å². The molecule has 0 spiro atoms. The Hall–Kier alpha value is -1.45. The number of carbonyl (C=O) groups excluding carboxylic acids is 1. The lowest BCUT2D eigenvalue weighted by atomic mass is 10.2. The summed E-state index contributed by atoms with van der Waals surface area (Å²) in [7, 11) is 0. The zero-order valence-corrected chi connectivity index (χ0v) is 13.9. The average molecular weight is 332 g/mol. The molecular weight excluding hydrogens is 314 g/mol. The number of fused-ring (bicyclic) bond motifs is 1. The van der Waals surface area contributed by atoms with E-state index in [1.165, 1.54) is 11.1 Å². The Kier molecular flexibility index (Phi) is 5.06. The van der Waals surface area contributed by atoms with Crippen LogP contribution in [0.3, 0.4) is 0 Å². The number of anilines is 1. The molecule has 0 radical (unpaired) electrons. The Morgan fingerprint density at radius 3 is 2.73 bits per heavy atom. The molecule has 0 fully saturated rings. The lowest BCUT2D eigenvalue weighted by Gasteiger charge is -2.17. The van der Waals surface area contributed by atoms with Crippen LogP contribution in [0.2, 0.25) is 5.02 Å². The summed E-state index contributed by atoms with van der Waals surface area (Å²) < 4.78 is 0.